The van der Waals surface area contributed by atoms with Crippen LogP contribution in [0.3, 0.4) is 0 Å². The van der Waals surface area contributed by atoms with Gasteiger partial charge in [0.1, 0.15) is 10.7 Å². The molecular weight excluding hydrogens is 360 g/mol. The van der Waals surface area contributed by atoms with Gasteiger partial charge in [0.2, 0.25) is 0 Å². The lowest BCUT2D eigenvalue weighted by molar-refractivity contribution is 0.0699. The Hall–Kier alpha value is -2.47. The Kier molecular flexibility index (Phi) is 6.06. The van der Waals surface area contributed by atoms with E-state index in [9.17, 15) is 14.7 Å². The van der Waals surface area contributed by atoms with E-state index in [2.05, 4.69) is 11.9 Å². The molecule has 0 spiro atoms. The fraction of sp³-hybridized carbons (Fsp3) is 0.381. The Labute approximate surface area is 162 Å². The molecule has 0 radical (unpaired) electrons. The van der Waals surface area contributed by atoms with Crippen molar-refractivity contribution in [1.29, 1.82) is 0 Å². The fourth-order valence-electron chi connectivity index (χ4n) is 3.19. The van der Waals surface area contributed by atoms with Crippen molar-refractivity contribution in [3.8, 4) is 11.4 Å². The number of benzene rings is 1. The predicted molar refractivity (Wildman–Crippen MR) is 110 cm³/mol. The second-order valence-corrected chi connectivity index (χ2v) is 7.67. The van der Waals surface area contributed by atoms with Crippen LogP contribution >= 0.6 is 11.3 Å². The van der Waals surface area contributed by atoms with Crippen LogP contribution in [0.1, 0.15) is 54.9 Å². The molecule has 0 aliphatic heterocycles. The quantitative estimate of drug-likeness (QED) is 0.548. The van der Waals surface area contributed by atoms with Crippen molar-refractivity contribution in [2.75, 3.05) is 0 Å². The molecule has 0 bridgehead atoms. The fourth-order valence-corrected chi connectivity index (χ4v) is 4.09. The minimum absolute atomic E-state index is 0.0442. The summed E-state index contributed by atoms with van der Waals surface area (Å²) in [5.74, 6) is -0.473. The highest BCUT2D eigenvalue weighted by atomic mass is 32.1. The van der Waals surface area contributed by atoms with Crippen LogP contribution in [0.15, 0.2) is 34.4 Å². The number of unbranched alkanes of at least 4 members (excludes halogenated alkanes) is 4. The standard InChI is InChI=1S/C21H24N2O3S/c1-3-4-5-6-7-12-23-18(15-10-8-14(2)9-11-15)22-19-17(20(23)24)16(13-27-19)21(25)26/h8-11,13H,3-7,12H2,1-2H3,(H,25,26). The lowest BCUT2D eigenvalue weighted by atomic mass is 10.1. The van der Waals surface area contributed by atoms with Crippen molar-refractivity contribution in [3.63, 3.8) is 0 Å². The van der Waals surface area contributed by atoms with Crippen molar-refractivity contribution >= 4 is 27.5 Å². The van der Waals surface area contributed by atoms with Crippen molar-refractivity contribution in [2.45, 2.75) is 52.5 Å². The third-order valence-corrected chi connectivity index (χ3v) is 5.59. The van der Waals surface area contributed by atoms with Crippen LogP contribution < -0.4 is 5.56 Å². The maximum Gasteiger partial charge on any atom is 0.337 e. The molecule has 0 aliphatic carbocycles. The van der Waals surface area contributed by atoms with Gasteiger partial charge in [0.25, 0.3) is 5.56 Å². The van der Waals surface area contributed by atoms with E-state index in [4.69, 9.17) is 0 Å². The normalized spacial score (nSPS) is 11.2. The van der Waals surface area contributed by atoms with Crippen LogP contribution in [-0.2, 0) is 6.54 Å². The molecule has 142 valence electrons. The van der Waals surface area contributed by atoms with Crippen LogP contribution in [0, 0.1) is 6.92 Å². The van der Waals surface area contributed by atoms with Crippen molar-refractivity contribution in [2.24, 2.45) is 0 Å². The monoisotopic (exact) mass is 384 g/mol. The molecule has 2 heterocycles. The molecule has 0 saturated carbocycles. The van der Waals surface area contributed by atoms with Gasteiger partial charge in [0, 0.05) is 17.5 Å². The molecule has 0 fully saturated rings. The Bertz CT molecular complexity index is 1000. The van der Waals surface area contributed by atoms with Gasteiger partial charge in [-0.1, -0.05) is 62.4 Å². The average Bonchev–Trinajstić information content (AvgIpc) is 3.08. The number of thiophene rings is 1. The molecule has 3 aromatic rings. The van der Waals surface area contributed by atoms with Crippen LogP contribution in [-0.4, -0.2) is 20.6 Å². The smallest absolute Gasteiger partial charge is 0.337 e. The number of fused-ring (bicyclic) bond motifs is 1. The summed E-state index contributed by atoms with van der Waals surface area (Å²) in [5, 5.41) is 11.1. The Morgan fingerprint density at radius 3 is 2.52 bits per heavy atom. The van der Waals surface area contributed by atoms with Gasteiger partial charge in [-0.15, -0.1) is 11.3 Å². The van der Waals surface area contributed by atoms with E-state index in [0.29, 0.717) is 17.2 Å². The average molecular weight is 385 g/mol. The summed E-state index contributed by atoms with van der Waals surface area (Å²) >= 11 is 1.21. The van der Waals surface area contributed by atoms with Crippen molar-refractivity contribution < 1.29 is 9.90 Å². The molecule has 2 aromatic heterocycles. The summed E-state index contributed by atoms with van der Waals surface area (Å²) in [4.78, 5) is 29.8. The van der Waals surface area contributed by atoms with Crippen LogP contribution in [0.2, 0.25) is 0 Å². The number of nitrogens with zero attached hydrogens (tertiary/aromatic N) is 2. The number of carboxylic acid groups (broad SMARTS) is 1. The molecule has 0 saturated heterocycles. The SMILES string of the molecule is CCCCCCCn1c(-c2ccc(C)cc2)nc2scc(C(=O)O)c2c1=O. The summed E-state index contributed by atoms with van der Waals surface area (Å²) in [6.07, 6.45) is 5.41. The largest absolute Gasteiger partial charge is 0.478 e. The highest BCUT2D eigenvalue weighted by Crippen LogP contribution is 2.26. The molecule has 0 atom stereocenters. The van der Waals surface area contributed by atoms with E-state index >= 15 is 0 Å². The van der Waals surface area contributed by atoms with Gasteiger partial charge in [-0.25, -0.2) is 9.78 Å². The second-order valence-electron chi connectivity index (χ2n) is 6.81. The first-order valence-electron chi connectivity index (χ1n) is 9.35. The number of aromatic nitrogens is 2. The number of hydrogen-bond acceptors (Lipinski definition) is 4. The Morgan fingerprint density at radius 2 is 1.85 bits per heavy atom. The van der Waals surface area contributed by atoms with Crippen molar-refractivity contribution in [1.82, 2.24) is 9.55 Å². The summed E-state index contributed by atoms with van der Waals surface area (Å²) < 4.78 is 1.65. The van der Waals surface area contributed by atoms with Crippen molar-refractivity contribution in [3.05, 3.63) is 51.1 Å². The zero-order valence-electron chi connectivity index (χ0n) is 15.7. The second kappa shape index (κ2) is 8.48. The lowest BCUT2D eigenvalue weighted by Gasteiger charge is -2.13. The molecule has 1 N–H and O–H groups in total. The maximum absolute atomic E-state index is 13.2. The number of hydrogen-bond donors (Lipinski definition) is 1. The number of aryl methyl sites for hydroxylation is 1. The molecule has 3 rings (SSSR count). The summed E-state index contributed by atoms with van der Waals surface area (Å²) in [6, 6.07) is 7.91. The predicted octanol–water partition coefficient (Wildman–Crippen LogP) is 5.10. The van der Waals surface area contributed by atoms with Gasteiger partial charge < -0.3 is 5.11 Å². The summed E-state index contributed by atoms with van der Waals surface area (Å²) in [5.41, 5.74) is 1.79. The summed E-state index contributed by atoms with van der Waals surface area (Å²) in [7, 11) is 0. The number of rotatable bonds is 8. The van der Waals surface area contributed by atoms with E-state index in [1.54, 1.807) is 4.57 Å². The minimum atomic E-state index is -1.09. The maximum atomic E-state index is 13.2. The number of carboxylic acids is 1. The van der Waals surface area contributed by atoms with Crippen LogP contribution in [0.25, 0.3) is 21.6 Å². The summed E-state index contributed by atoms with van der Waals surface area (Å²) in [6.45, 7) is 4.73. The van der Waals surface area contributed by atoms with Gasteiger partial charge in [-0.05, 0) is 13.3 Å². The molecule has 6 heteroatoms. The zero-order chi connectivity index (χ0) is 19.4. The highest BCUT2D eigenvalue weighted by Gasteiger charge is 2.20. The molecule has 5 nitrogen and oxygen atoms in total. The lowest BCUT2D eigenvalue weighted by Crippen LogP contribution is -2.24. The van der Waals surface area contributed by atoms with Gasteiger partial charge >= 0.3 is 5.97 Å². The molecule has 27 heavy (non-hydrogen) atoms. The van der Waals surface area contributed by atoms with Crippen LogP contribution in [0.5, 0.6) is 0 Å². The van der Waals surface area contributed by atoms with E-state index < -0.39 is 5.97 Å². The molecule has 0 unspecified atom stereocenters. The van der Waals surface area contributed by atoms with E-state index in [1.807, 2.05) is 31.2 Å². The molecule has 0 amide bonds. The first-order valence-corrected chi connectivity index (χ1v) is 10.2. The third-order valence-electron chi connectivity index (χ3n) is 4.72. The Morgan fingerprint density at radius 1 is 1.15 bits per heavy atom. The zero-order valence-corrected chi connectivity index (χ0v) is 16.5. The first kappa shape index (κ1) is 19.3. The highest BCUT2D eigenvalue weighted by molar-refractivity contribution is 7.17. The van der Waals surface area contributed by atoms with E-state index in [1.165, 1.54) is 29.6 Å². The van der Waals surface area contributed by atoms with E-state index in [-0.39, 0.29) is 16.5 Å². The van der Waals surface area contributed by atoms with Gasteiger partial charge in [-0.2, -0.15) is 0 Å². The van der Waals surface area contributed by atoms with Gasteiger partial charge in [0.05, 0.1) is 10.9 Å². The first-order chi connectivity index (χ1) is 13.0. The van der Waals surface area contributed by atoms with Gasteiger partial charge in [0.15, 0.2) is 0 Å². The molecular formula is C21H24N2O3S. The Balaban J connectivity index is 2.08. The van der Waals surface area contributed by atoms with E-state index in [0.717, 1.165) is 30.4 Å². The third kappa shape index (κ3) is 4.11. The number of carbonyl (C=O) groups is 1. The van der Waals surface area contributed by atoms with Gasteiger partial charge in [-0.3, -0.25) is 9.36 Å². The molecule has 1 aromatic carbocycles. The topological polar surface area (TPSA) is 72.2 Å². The van der Waals surface area contributed by atoms with Crippen LogP contribution in [0.4, 0.5) is 0 Å². The number of aromatic carboxylic acids is 1. The minimum Gasteiger partial charge on any atom is -0.478 e. The molecule has 0 aliphatic rings.